The average Bonchev–Trinajstić information content (AvgIpc) is 3.53. The Balaban J connectivity index is 1.36. The molecule has 0 saturated carbocycles. The van der Waals surface area contributed by atoms with Crippen molar-refractivity contribution in [2.75, 3.05) is 13.2 Å². The topological polar surface area (TPSA) is 229 Å². The van der Waals surface area contributed by atoms with E-state index >= 15 is 0 Å². The molecule has 266 valence electrons. The molecule has 15 nitrogen and oxygen atoms in total. The SMILES string of the molecule is CCCCCCCCCCCCCCCC(=O)NCc1cn([C@@H]2O[C@H](CO)[C@@H](O[C@@H]3O[C@H](CO)[C@@H](O)[C@H](O)[C@H]3O)[C@H](O)[C@H]2O)nn1. The molecule has 0 radical (unpaired) electrons. The molecule has 0 spiro atoms. The van der Waals surface area contributed by atoms with Crippen molar-refractivity contribution in [3.63, 3.8) is 0 Å². The number of unbranched alkanes of at least 4 members (excludes halogenated alkanes) is 12. The van der Waals surface area contributed by atoms with Crippen molar-refractivity contribution in [1.29, 1.82) is 0 Å². The number of carbonyl (C=O) groups excluding carboxylic acids is 1. The molecule has 0 bridgehead atoms. The van der Waals surface area contributed by atoms with Crippen molar-refractivity contribution >= 4 is 5.91 Å². The Morgan fingerprint density at radius 3 is 1.96 bits per heavy atom. The van der Waals surface area contributed by atoms with Crippen LogP contribution in [0.5, 0.6) is 0 Å². The van der Waals surface area contributed by atoms with Gasteiger partial charge in [0.2, 0.25) is 5.91 Å². The summed E-state index contributed by atoms with van der Waals surface area (Å²) in [7, 11) is 0. The smallest absolute Gasteiger partial charge is 0.220 e. The number of carbonyl (C=O) groups is 1. The Kier molecular flexibility index (Phi) is 17.3. The summed E-state index contributed by atoms with van der Waals surface area (Å²) >= 11 is 0. The number of aromatic nitrogens is 3. The lowest BCUT2D eigenvalue weighted by atomic mass is 9.96. The third kappa shape index (κ3) is 11.4. The van der Waals surface area contributed by atoms with Crippen molar-refractivity contribution in [3.8, 4) is 0 Å². The third-order valence-corrected chi connectivity index (χ3v) is 8.77. The zero-order valence-electron chi connectivity index (χ0n) is 27.0. The van der Waals surface area contributed by atoms with Crippen LogP contribution in [0.2, 0.25) is 0 Å². The maximum absolute atomic E-state index is 12.3. The molecule has 1 aromatic rings. The average molecular weight is 661 g/mol. The monoisotopic (exact) mass is 660 g/mol. The predicted molar refractivity (Wildman–Crippen MR) is 164 cm³/mol. The highest BCUT2D eigenvalue weighted by Crippen LogP contribution is 2.32. The molecule has 3 heterocycles. The molecule has 2 aliphatic rings. The van der Waals surface area contributed by atoms with Gasteiger partial charge in [-0.05, 0) is 6.42 Å². The molecule has 0 aliphatic carbocycles. The molecule has 15 heteroatoms. The number of nitrogens with one attached hydrogen (secondary N) is 1. The van der Waals surface area contributed by atoms with Gasteiger partial charge in [0.05, 0.1) is 26.0 Å². The van der Waals surface area contributed by atoms with Gasteiger partial charge in [-0.15, -0.1) is 5.10 Å². The summed E-state index contributed by atoms with van der Waals surface area (Å²) in [6, 6.07) is 0. The summed E-state index contributed by atoms with van der Waals surface area (Å²) in [5.41, 5.74) is 0.393. The number of hydrogen-bond donors (Lipinski definition) is 8. The van der Waals surface area contributed by atoms with Crippen LogP contribution in [0.15, 0.2) is 6.20 Å². The number of hydrogen-bond acceptors (Lipinski definition) is 13. The van der Waals surface area contributed by atoms with Crippen LogP contribution in [0, 0.1) is 0 Å². The fraction of sp³-hybridized carbons (Fsp3) is 0.903. The zero-order valence-corrected chi connectivity index (χ0v) is 27.0. The third-order valence-electron chi connectivity index (χ3n) is 8.77. The van der Waals surface area contributed by atoms with Crippen molar-refractivity contribution in [2.24, 2.45) is 0 Å². The standard InChI is InChI=1S/C31H56N4O11/c1-2-3-4-5-6-7-8-9-10-11-12-13-14-15-23(38)32-16-20-17-35(34-33-20)30-27(42)26(41)29(22(19-37)44-30)46-31-28(43)25(40)24(39)21(18-36)45-31/h17,21-22,24-31,36-37,39-43H,2-16,18-19H2,1H3,(H,32,38)/t21-,22-,24-,25+,26-,27-,28-,29-,30-,31+/m1/s1. The van der Waals surface area contributed by atoms with Crippen molar-refractivity contribution in [3.05, 3.63) is 11.9 Å². The fourth-order valence-corrected chi connectivity index (χ4v) is 5.89. The highest BCUT2D eigenvalue weighted by Gasteiger charge is 2.51. The number of aliphatic hydroxyl groups excluding tert-OH is 7. The Hall–Kier alpha value is -1.79. The van der Waals surface area contributed by atoms with Crippen LogP contribution in [-0.2, 0) is 25.5 Å². The molecule has 3 rings (SSSR count). The Morgan fingerprint density at radius 1 is 0.783 bits per heavy atom. The molecule has 2 fully saturated rings. The first-order valence-corrected chi connectivity index (χ1v) is 17.0. The zero-order chi connectivity index (χ0) is 33.5. The maximum Gasteiger partial charge on any atom is 0.220 e. The van der Waals surface area contributed by atoms with Crippen LogP contribution in [0.3, 0.4) is 0 Å². The van der Waals surface area contributed by atoms with E-state index in [1.807, 2.05) is 0 Å². The number of rotatable bonds is 21. The number of ether oxygens (including phenoxy) is 3. The minimum atomic E-state index is -1.75. The molecule has 2 saturated heterocycles. The minimum absolute atomic E-state index is 0.101. The molecule has 10 atom stereocenters. The van der Waals surface area contributed by atoms with Gasteiger partial charge in [0.1, 0.15) is 54.5 Å². The van der Waals surface area contributed by atoms with Crippen LogP contribution in [0.4, 0.5) is 0 Å². The van der Waals surface area contributed by atoms with Crippen LogP contribution in [0.1, 0.15) is 109 Å². The predicted octanol–water partition coefficient (Wildman–Crippen LogP) is 0.172. The van der Waals surface area contributed by atoms with E-state index in [4.69, 9.17) is 14.2 Å². The van der Waals surface area contributed by atoms with E-state index < -0.39 is 74.6 Å². The summed E-state index contributed by atoms with van der Waals surface area (Å²) < 4.78 is 17.8. The van der Waals surface area contributed by atoms with Crippen molar-refractivity contribution in [1.82, 2.24) is 20.3 Å². The summed E-state index contributed by atoms with van der Waals surface area (Å²) in [4.78, 5) is 12.3. The molecule has 2 aliphatic heterocycles. The molecule has 0 unspecified atom stereocenters. The second kappa shape index (κ2) is 20.5. The quantitative estimate of drug-likeness (QED) is 0.0824. The van der Waals surface area contributed by atoms with E-state index in [1.165, 1.54) is 70.4 Å². The van der Waals surface area contributed by atoms with Gasteiger partial charge >= 0.3 is 0 Å². The van der Waals surface area contributed by atoms with Crippen LogP contribution >= 0.6 is 0 Å². The molecular weight excluding hydrogens is 604 g/mol. The van der Waals surface area contributed by atoms with E-state index in [2.05, 4.69) is 22.6 Å². The van der Waals surface area contributed by atoms with Gasteiger partial charge in [0, 0.05) is 6.42 Å². The summed E-state index contributed by atoms with van der Waals surface area (Å²) in [5.74, 6) is -0.101. The van der Waals surface area contributed by atoms with Crippen LogP contribution < -0.4 is 5.32 Å². The lowest BCUT2D eigenvalue weighted by Crippen LogP contribution is -2.63. The van der Waals surface area contributed by atoms with E-state index in [0.717, 1.165) is 23.9 Å². The van der Waals surface area contributed by atoms with E-state index in [1.54, 1.807) is 0 Å². The van der Waals surface area contributed by atoms with Gasteiger partial charge in [-0.2, -0.15) is 0 Å². The highest BCUT2D eigenvalue weighted by atomic mass is 16.7. The number of amides is 1. The van der Waals surface area contributed by atoms with Gasteiger partial charge in [-0.1, -0.05) is 89.2 Å². The molecular formula is C31H56N4O11. The van der Waals surface area contributed by atoms with Gasteiger partial charge in [0.15, 0.2) is 12.5 Å². The van der Waals surface area contributed by atoms with Crippen molar-refractivity contribution < 1.29 is 54.8 Å². The Morgan fingerprint density at radius 2 is 1.37 bits per heavy atom. The molecule has 1 amide bonds. The van der Waals surface area contributed by atoms with E-state index in [9.17, 15) is 40.5 Å². The molecule has 0 aromatic carbocycles. The summed E-state index contributed by atoms with van der Waals surface area (Å²) in [6.07, 6.45) is 2.70. The minimum Gasteiger partial charge on any atom is -0.394 e. The summed E-state index contributed by atoms with van der Waals surface area (Å²) in [5, 5.41) is 82.0. The highest BCUT2D eigenvalue weighted by molar-refractivity contribution is 5.75. The molecule has 1 aromatic heterocycles. The first-order valence-electron chi connectivity index (χ1n) is 17.0. The van der Waals surface area contributed by atoms with Gasteiger partial charge < -0.3 is 55.3 Å². The number of nitrogens with zero attached hydrogens (tertiary/aromatic N) is 3. The van der Waals surface area contributed by atoms with E-state index in [0.29, 0.717) is 12.1 Å². The van der Waals surface area contributed by atoms with Gasteiger partial charge in [-0.3, -0.25) is 4.79 Å². The van der Waals surface area contributed by atoms with Gasteiger partial charge in [-0.25, -0.2) is 4.68 Å². The lowest BCUT2D eigenvalue weighted by Gasteiger charge is -2.45. The normalized spacial score (nSPS) is 31.7. The number of aliphatic hydroxyl groups is 7. The first kappa shape index (κ1) is 38.7. The van der Waals surface area contributed by atoms with Crippen LogP contribution in [-0.4, -0.2) is 125 Å². The maximum atomic E-state index is 12.3. The van der Waals surface area contributed by atoms with E-state index in [-0.39, 0.29) is 12.5 Å². The first-order chi connectivity index (χ1) is 22.2. The second-order valence-electron chi connectivity index (χ2n) is 12.5. The molecule has 46 heavy (non-hydrogen) atoms. The van der Waals surface area contributed by atoms with Gasteiger partial charge in [0.25, 0.3) is 0 Å². The Labute approximate surface area is 270 Å². The van der Waals surface area contributed by atoms with Crippen LogP contribution in [0.25, 0.3) is 0 Å². The van der Waals surface area contributed by atoms with Crippen molar-refractivity contribution in [2.45, 2.75) is 165 Å². The largest absolute Gasteiger partial charge is 0.394 e. The Bertz CT molecular complexity index is 984. The second-order valence-corrected chi connectivity index (χ2v) is 12.5. The summed E-state index contributed by atoms with van der Waals surface area (Å²) in [6.45, 7) is 0.993. The fourth-order valence-electron chi connectivity index (χ4n) is 5.89. The molecule has 8 N–H and O–H groups in total. The lowest BCUT2D eigenvalue weighted by molar-refractivity contribution is -0.347.